The maximum absolute atomic E-state index is 11.8. The van der Waals surface area contributed by atoms with E-state index in [1.54, 1.807) is 7.11 Å². The molecular weight excluding hydrogens is 228 g/mol. The van der Waals surface area contributed by atoms with E-state index in [0.717, 1.165) is 23.4 Å². The molecule has 1 amide bonds. The lowest BCUT2D eigenvalue weighted by atomic mass is 10.0. The monoisotopic (exact) mass is 250 g/mol. The molecule has 0 saturated carbocycles. The number of anilines is 1. The number of benzene rings is 1. The van der Waals surface area contributed by atoms with Crippen molar-refractivity contribution in [3.63, 3.8) is 0 Å². The van der Waals surface area contributed by atoms with E-state index >= 15 is 0 Å². The Morgan fingerprint density at radius 1 is 1.50 bits per heavy atom. The van der Waals surface area contributed by atoms with Gasteiger partial charge in [-0.2, -0.15) is 0 Å². The molecule has 1 aromatic rings. The first-order valence-electron chi connectivity index (χ1n) is 6.25. The number of rotatable bonds is 6. The summed E-state index contributed by atoms with van der Waals surface area (Å²) in [5, 5.41) is 2.91. The number of amides is 1. The SMILES string of the molecule is CCC(CN)CC(=O)Nc1ccc(OC)cc1C. The summed E-state index contributed by atoms with van der Waals surface area (Å²) in [5.74, 6) is 1.06. The number of carbonyl (C=O) groups is 1. The molecule has 0 bridgehead atoms. The van der Waals surface area contributed by atoms with Gasteiger partial charge in [-0.25, -0.2) is 0 Å². The average molecular weight is 250 g/mol. The van der Waals surface area contributed by atoms with Crippen molar-refractivity contribution in [1.29, 1.82) is 0 Å². The smallest absolute Gasteiger partial charge is 0.224 e. The molecule has 0 aliphatic rings. The van der Waals surface area contributed by atoms with Gasteiger partial charge in [0.1, 0.15) is 5.75 Å². The van der Waals surface area contributed by atoms with Crippen LogP contribution in [0.1, 0.15) is 25.3 Å². The second-order valence-corrected chi connectivity index (χ2v) is 4.44. The number of carbonyl (C=O) groups excluding carboxylic acids is 1. The van der Waals surface area contributed by atoms with Gasteiger partial charge in [-0.15, -0.1) is 0 Å². The number of methoxy groups -OCH3 is 1. The van der Waals surface area contributed by atoms with Crippen LogP contribution in [0.2, 0.25) is 0 Å². The molecule has 18 heavy (non-hydrogen) atoms. The zero-order chi connectivity index (χ0) is 13.5. The van der Waals surface area contributed by atoms with E-state index in [1.165, 1.54) is 0 Å². The molecule has 0 heterocycles. The molecule has 4 nitrogen and oxygen atoms in total. The van der Waals surface area contributed by atoms with E-state index in [0.29, 0.717) is 13.0 Å². The Bertz CT molecular complexity index is 401. The van der Waals surface area contributed by atoms with Crippen molar-refractivity contribution < 1.29 is 9.53 Å². The van der Waals surface area contributed by atoms with Crippen LogP contribution in [0.25, 0.3) is 0 Å². The van der Waals surface area contributed by atoms with Gasteiger partial charge in [0.2, 0.25) is 5.91 Å². The molecule has 4 heteroatoms. The van der Waals surface area contributed by atoms with E-state index in [2.05, 4.69) is 5.32 Å². The molecule has 0 saturated heterocycles. The Hall–Kier alpha value is -1.55. The Morgan fingerprint density at radius 3 is 2.72 bits per heavy atom. The summed E-state index contributed by atoms with van der Waals surface area (Å²) in [6.45, 7) is 4.54. The largest absolute Gasteiger partial charge is 0.497 e. The van der Waals surface area contributed by atoms with Crippen molar-refractivity contribution in [2.45, 2.75) is 26.7 Å². The molecule has 3 N–H and O–H groups in total. The van der Waals surface area contributed by atoms with Crippen LogP contribution < -0.4 is 15.8 Å². The van der Waals surface area contributed by atoms with Crippen LogP contribution in [0, 0.1) is 12.8 Å². The van der Waals surface area contributed by atoms with Crippen molar-refractivity contribution in [2.75, 3.05) is 19.0 Å². The first-order valence-corrected chi connectivity index (χ1v) is 6.25. The Balaban J connectivity index is 2.64. The van der Waals surface area contributed by atoms with E-state index in [-0.39, 0.29) is 11.8 Å². The molecule has 0 aromatic heterocycles. The quantitative estimate of drug-likeness (QED) is 0.814. The standard InChI is InChI=1S/C14H22N2O2/c1-4-11(9-15)8-14(17)16-13-6-5-12(18-3)7-10(13)2/h5-7,11H,4,8-9,15H2,1-3H3,(H,16,17). The van der Waals surface area contributed by atoms with Gasteiger partial charge in [0.15, 0.2) is 0 Å². The summed E-state index contributed by atoms with van der Waals surface area (Å²) in [6.07, 6.45) is 1.39. The summed E-state index contributed by atoms with van der Waals surface area (Å²) in [6, 6.07) is 5.59. The molecule has 1 unspecified atom stereocenters. The van der Waals surface area contributed by atoms with E-state index in [4.69, 9.17) is 10.5 Å². The lowest BCUT2D eigenvalue weighted by molar-refractivity contribution is -0.117. The highest BCUT2D eigenvalue weighted by Crippen LogP contribution is 2.21. The van der Waals surface area contributed by atoms with Gasteiger partial charge in [-0.1, -0.05) is 13.3 Å². The maximum atomic E-state index is 11.8. The van der Waals surface area contributed by atoms with Crippen LogP contribution in [0.5, 0.6) is 5.75 Å². The minimum absolute atomic E-state index is 0.0144. The van der Waals surface area contributed by atoms with Gasteiger partial charge >= 0.3 is 0 Å². The summed E-state index contributed by atoms with van der Waals surface area (Å²) in [4.78, 5) is 11.8. The van der Waals surface area contributed by atoms with Gasteiger partial charge in [-0.05, 0) is 43.1 Å². The number of nitrogens with one attached hydrogen (secondary N) is 1. The molecule has 1 rings (SSSR count). The summed E-state index contributed by atoms with van der Waals surface area (Å²) in [5.41, 5.74) is 7.41. The van der Waals surface area contributed by atoms with Gasteiger partial charge in [0.05, 0.1) is 7.11 Å². The van der Waals surface area contributed by atoms with Crippen molar-refractivity contribution >= 4 is 11.6 Å². The highest BCUT2D eigenvalue weighted by Gasteiger charge is 2.11. The Labute approximate surface area is 109 Å². The highest BCUT2D eigenvalue weighted by molar-refractivity contribution is 5.91. The number of ether oxygens (including phenoxy) is 1. The molecule has 1 aromatic carbocycles. The van der Waals surface area contributed by atoms with Crippen molar-refractivity contribution in [3.8, 4) is 5.75 Å². The first kappa shape index (κ1) is 14.5. The van der Waals surface area contributed by atoms with Crippen LogP contribution in [0.4, 0.5) is 5.69 Å². The third kappa shape index (κ3) is 4.04. The lowest BCUT2D eigenvalue weighted by Crippen LogP contribution is -2.22. The number of hydrogen-bond donors (Lipinski definition) is 2. The molecule has 0 spiro atoms. The third-order valence-electron chi connectivity index (χ3n) is 3.09. The fraction of sp³-hybridized carbons (Fsp3) is 0.500. The normalized spacial score (nSPS) is 12.0. The molecule has 0 fully saturated rings. The first-order chi connectivity index (χ1) is 8.60. The average Bonchev–Trinajstić information content (AvgIpc) is 2.38. The van der Waals surface area contributed by atoms with Crippen LogP contribution in [-0.4, -0.2) is 19.6 Å². The Morgan fingerprint density at radius 2 is 2.22 bits per heavy atom. The summed E-state index contributed by atoms with van der Waals surface area (Å²) >= 11 is 0. The number of aryl methyl sites for hydroxylation is 1. The fourth-order valence-corrected chi connectivity index (χ4v) is 1.76. The summed E-state index contributed by atoms with van der Waals surface area (Å²) in [7, 11) is 1.63. The van der Waals surface area contributed by atoms with Crippen molar-refractivity contribution in [1.82, 2.24) is 0 Å². The van der Waals surface area contributed by atoms with Gasteiger partial charge in [0, 0.05) is 12.1 Å². The fourth-order valence-electron chi connectivity index (χ4n) is 1.76. The van der Waals surface area contributed by atoms with Crippen LogP contribution in [0.15, 0.2) is 18.2 Å². The van der Waals surface area contributed by atoms with Gasteiger partial charge < -0.3 is 15.8 Å². The second-order valence-electron chi connectivity index (χ2n) is 4.44. The minimum atomic E-state index is 0.0144. The van der Waals surface area contributed by atoms with Crippen molar-refractivity contribution in [3.05, 3.63) is 23.8 Å². The van der Waals surface area contributed by atoms with Gasteiger partial charge in [0.25, 0.3) is 0 Å². The molecule has 0 aliphatic carbocycles. The van der Waals surface area contributed by atoms with Crippen LogP contribution in [0.3, 0.4) is 0 Å². The number of hydrogen-bond acceptors (Lipinski definition) is 3. The van der Waals surface area contributed by atoms with Gasteiger partial charge in [-0.3, -0.25) is 4.79 Å². The molecule has 100 valence electrons. The third-order valence-corrected chi connectivity index (χ3v) is 3.09. The predicted octanol–water partition coefficient (Wildman–Crippen LogP) is 2.32. The molecule has 0 radical (unpaired) electrons. The van der Waals surface area contributed by atoms with Crippen LogP contribution in [-0.2, 0) is 4.79 Å². The zero-order valence-electron chi connectivity index (χ0n) is 11.3. The molecular formula is C14H22N2O2. The minimum Gasteiger partial charge on any atom is -0.497 e. The molecule has 0 aliphatic heterocycles. The zero-order valence-corrected chi connectivity index (χ0v) is 11.3. The van der Waals surface area contributed by atoms with E-state index in [9.17, 15) is 4.79 Å². The summed E-state index contributed by atoms with van der Waals surface area (Å²) < 4.78 is 5.13. The Kier molecular flexibility index (Phi) is 5.65. The van der Waals surface area contributed by atoms with Crippen LogP contribution >= 0.6 is 0 Å². The lowest BCUT2D eigenvalue weighted by Gasteiger charge is -2.13. The van der Waals surface area contributed by atoms with E-state index < -0.39 is 0 Å². The molecule has 1 atom stereocenters. The second kappa shape index (κ2) is 7.01. The topological polar surface area (TPSA) is 64.4 Å². The maximum Gasteiger partial charge on any atom is 0.224 e. The highest BCUT2D eigenvalue weighted by atomic mass is 16.5. The predicted molar refractivity (Wildman–Crippen MR) is 73.8 cm³/mol. The van der Waals surface area contributed by atoms with E-state index in [1.807, 2.05) is 32.0 Å². The van der Waals surface area contributed by atoms with Crippen molar-refractivity contribution in [2.24, 2.45) is 11.7 Å². The number of nitrogens with two attached hydrogens (primary N) is 1.